The molecule has 0 N–H and O–H groups in total. The summed E-state index contributed by atoms with van der Waals surface area (Å²) in [5.41, 5.74) is 1.63. The number of fused-ring (bicyclic) bond motifs is 1. The highest BCUT2D eigenvalue weighted by Gasteiger charge is 2.25. The van der Waals surface area contributed by atoms with E-state index in [0.29, 0.717) is 22.6 Å². The van der Waals surface area contributed by atoms with Crippen LogP contribution in [0.3, 0.4) is 0 Å². The quantitative estimate of drug-likeness (QED) is 0.475. The molecule has 1 atom stereocenters. The molecule has 3 aromatic rings. The lowest BCUT2D eigenvalue weighted by atomic mass is 10.1. The van der Waals surface area contributed by atoms with Gasteiger partial charge in [-0.25, -0.2) is 4.98 Å². The van der Waals surface area contributed by atoms with Crippen molar-refractivity contribution in [1.82, 2.24) is 14.5 Å². The number of carbonyl (C=O) groups excluding carboxylic acids is 1. The van der Waals surface area contributed by atoms with Crippen LogP contribution in [-0.4, -0.2) is 38.7 Å². The highest BCUT2D eigenvalue weighted by molar-refractivity contribution is 8.00. The van der Waals surface area contributed by atoms with E-state index in [4.69, 9.17) is 4.98 Å². The molecule has 1 amide bonds. The van der Waals surface area contributed by atoms with Crippen LogP contribution in [0.4, 0.5) is 0 Å². The zero-order chi connectivity index (χ0) is 20.2. The number of nitrogens with zero attached hydrogens (tertiary/aromatic N) is 3. The number of aromatic nitrogens is 2. The van der Waals surface area contributed by atoms with Crippen LogP contribution in [-0.2, 0) is 11.3 Å². The van der Waals surface area contributed by atoms with E-state index in [1.807, 2.05) is 66.4 Å². The van der Waals surface area contributed by atoms with Crippen LogP contribution in [0.2, 0.25) is 0 Å². The van der Waals surface area contributed by atoms with Gasteiger partial charge in [0.1, 0.15) is 0 Å². The summed E-state index contributed by atoms with van der Waals surface area (Å²) in [6.07, 6.45) is 3.32. The Labute approximate surface area is 174 Å². The topological polar surface area (TPSA) is 55.2 Å². The predicted molar refractivity (Wildman–Crippen MR) is 117 cm³/mol. The summed E-state index contributed by atoms with van der Waals surface area (Å²) < 4.78 is 1.70. The van der Waals surface area contributed by atoms with E-state index < -0.39 is 0 Å². The minimum atomic E-state index is -0.289. The highest BCUT2D eigenvalue weighted by Crippen LogP contribution is 2.25. The molecule has 1 aliphatic rings. The summed E-state index contributed by atoms with van der Waals surface area (Å²) in [7, 11) is 0. The van der Waals surface area contributed by atoms with Gasteiger partial charge in [-0.05, 0) is 43.9 Å². The van der Waals surface area contributed by atoms with Crippen LogP contribution in [0.5, 0.6) is 0 Å². The second-order valence-corrected chi connectivity index (χ2v) is 8.74. The molecule has 2 heterocycles. The molecule has 0 saturated carbocycles. The molecule has 1 saturated heterocycles. The molecule has 0 spiro atoms. The Bertz CT molecular complexity index is 1060. The number of piperidine rings is 1. The Morgan fingerprint density at radius 2 is 1.72 bits per heavy atom. The maximum absolute atomic E-state index is 13.2. The Balaban J connectivity index is 1.68. The van der Waals surface area contributed by atoms with Gasteiger partial charge in [-0.3, -0.25) is 14.2 Å². The van der Waals surface area contributed by atoms with Crippen LogP contribution in [0.1, 0.15) is 31.7 Å². The molecule has 6 heteroatoms. The Morgan fingerprint density at radius 3 is 2.48 bits per heavy atom. The number of amides is 1. The fourth-order valence-electron chi connectivity index (χ4n) is 3.72. The Morgan fingerprint density at radius 1 is 1.03 bits per heavy atom. The fraction of sp³-hybridized carbons (Fsp3) is 0.348. The summed E-state index contributed by atoms with van der Waals surface area (Å²) in [4.78, 5) is 32.8. The molecular formula is C23H25N3O2S. The summed E-state index contributed by atoms with van der Waals surface area (Å²) in [6.45, 7) is 4.00. The van der Waals surface area contributed by atoms with Crippen molar-refractivity contribution in [3.63, 3.8) is 0 Å². The Kier molecular flexibility index (Phi) is 6.00. The number of para-hydroxylation sites is 1. The van der Waals surface area contributed by atoms with Crippen molar-refractivity contribution in [1.29, 1.82) is 0 Å². The first-order chi connectivity index (χ1) is 14.1. The molecule has 1 aromatic heterocycles. The lowest BCUT2D eigenvalue weighted by Gasteiger charge is -2.29. The molecule has 29 heavy (non-hydrogen) atoms. The number of hydrogen-bond donors (Lipinski definition) is 0. The van der Waals surface area contributed by atoms with Crippen LogP contribution in [0, 0.1) is 0 Å². The molecule has 150 valence electrons. The van der Waals surface area contributed by atoms with E-state index in [9.17, 15) is 9.59 Å². The van der Waals surface area contributed by atoms with Gasteiger partial charge in [0.25, 0.3) is 5.56 Å². The third-order valence-corrected chi connectivity index (χ3v) is 6.39. The van der Waals surface area contributed by atoms with Crippen molar-refractivity contribution in [3.8, 4) is 0 Å². The van der Waals surface area contributed by atoms with Crippen molar-refractivity contribution in [2.75, 3.05) is 13.1 Å². The van der Waals surface area contributed by atoms with Crippen molar-refractivity contribution in [3.05, 3.63) is 70.5 Å². The average Bonchev–Trinajstić information content (AvgIpc) is 2.77. The number of thioether (sulfide) groups is 1. The van der Waals surface area contributed by atoms with E-state index in [0.717, 1.165) is 31.5 Å². The maximum atomic E-state index is 13.2. The third-order valence-electron chi connectivity index (χ3n) is 5.31. The molecule has 0 bridgehead atoms. The first kappa shape index (κ1) is 19.7. The van der Waals surface area contributed by atoms with E-state index >= 15 is 0 Å². The number of benzene rings is 2. The summed E-state index contributed by atoms with van der Waals surface area (Å²) in [6, 6.07) is 17.3. The molecule has 1 fully saturated rings. The monoisotopic (exact) mass is 407 g/mol. The zero-order valence-corrected chi connectivity index (χ0v) is 17.4. The van der Waals surface area contributed by atoms with Gasteiger partial charge < -0.3 is 4.90 Å². The molecule has 0 unspecified atom stereocenters. The smallest absolute Gasteiger partial charge is 0.262 e. The summed E-state index contributed by atoms with van der Waals surface area (Å²) in [5, 5.41) is 0.904. The van der Waals surface area contributed by atoms with Gasteiger partial charge in [-0.1, -0.05) is 54.2 Å². The van der Waals surface area contributed by atoms with E-state index in [-0.39, 0.29) is 16.7 Å². The SMILES string of the molecule is C[C@H](Sc1nc2ccccc2c(=O)n1Cc1ccccc1)C(=O)N1CCCCC1. The minimum absolute atomic E-state index is 0.0698. The standard InChI is InChI=1S/C23H25N3O2S/c1-17(21(27)25-14-8-3-9-15-25)29-23-24-20-13-7-6-12-19(20)22(28)26(23)16-18-10-4-2-5-11-18/h2,4-7,10-13,17H,3,8-9,14-16H2,1H3/t17-/m0/s1. The number of likely N-dealkylation sites (tertiary alicyclic amines) is 1. The van der Waals surface area contributed by atoms with Gasteiger partial charge >= 0.3 is 0 Å². The van der Waals surface area contributed by atoms with Gasteiger partial charge in [0.05, 0.1) is 22.7 Å². The molecule has 5 nitrogen and oxygen atoms in total. The molecule has 2 aromatic carbocycles. The normalized spacial score (nSPS) is 15.4. The Hall–Kier alpha value is -2.60. The van der Waals surface area contributed by atoms with Crippen molar-refractivity contribution < 1.29 is 4.79 Å². The first-order valence-corrected chi connectivity index (χ1v) is 11.0. The number of rotatable bonds is 5. The van der Waals surface area contributed by atoms with Crippen LogP contribution < -0.4 is 5.56 Å². The van der Waals surface area contributed by atoms with Gasteiger partial charge in [0.15, 0.2) is 5.16 Å². The molecule has 0 aliphatic carbocycles. The zero-order valence-electron chi connectivity index (χ0n) is 16.6. The van der Waals surface area contributed by atoms with Crippen LogP contribution in [0.25, 0.3) is 10.9 Å². The second kappa shape index (κ2) is 8.82. The highest BCUT2D eigenvalue weighted by atomic mass is 32.2. The van der Waals surface area contributed by atoms with Crippen LogP contribution in [0.15, 0.2) is 64.5 Å². The van der Waals surface area contributed by atoms with E-state index in [1.165, 1.54) is 18.2 Å². The van der Waals surface area contributed by atoms with Gasteiger partial charge in [-0.15, -0.1) is 0 Å². The molecular weight excluding hydrogens is 382 g/mol. The number of carbonyl (C=O) groups is 1. The fourth-order valence-corrected chi connectivity index (χ4v) is 4.71. The van der Waals surface area contributed by atoms with Crippen molar-refractivity contribution >= 4 is 28.6 Å². The number of hydrogen-bond acceptors (Lipinski definition) is 4. The van der Waals surface area contributed by atoms with E-state index in [1.54, 1.807) is 4.57 Å². The van der Waals surface area contributed by atoms with Gasteiger partial charge in [-0.2, -0.15) is 0 Å². The molecule has 4 rings (SSSR count). The van der Waals surface area contributed by atoms with Crippen molar-refractivity contribution in [2.24, 2.45) is 0 Å². The second-order valence-electron chi connectivity index (χ2n) is 7.43. The average molecular weight is 408 g/mol. The van der Waals surface area contributed by atoms with Gasteiger partial charge in [0, 0.05) is 13.1 Å². The lowest BCUT2D eigenvalue weighted by Crippen LogP contribution is -2.40. The maximum Gasteiger partial charge on any atom is 0.262 e. The summed E-state index contributed by atoms with van der Waals surface area (Å²) >= 11 is 1.38. The van der Waals surface area contributed by atoms with Gasteiger partial charge in [0.2, 0.25) is 5.91 Å². The predicted octanol–water partition coefficient (Wildman–Crippen LogP) is 3.94. The first-order valence-electron chi connectivity index (χ1n) is 10.1. The largest absolute Gasteiger partial charge is 0.342 e. The molecule has 0 radical (unpaired) electrons. The minimum Gasteiger partial charge on any atom is -0.342 e. The molecule has 1 aliphatic heterocycles. The lowest BCUT2D eigenvalue weighted by molar-refractivity contribution is -0.131. The van der Waals surface area contributed by atoms with Crippen molar-refractivity contribution in [2.45, 2.75) is 43.1 Å². The van der Waals surface area contributed by atoms with Crippen LogP contribution >= 0.6 is 11.8 Å². The summed E-state index contributed by atoms with van der Waals surface area (Å²) in [5.74, 6) is 0.128. The van der Waals surface area contributed by atoms with E-state index in [2.05, 4.69) is 0 Å². The third kappa shape index (κ3) is 4.37.